The van der Waals surface area contributed by atoms with Crippen LogP contribution in [0.25, 0.3) is 0 Å². The molecule has 0 bridgehead atoms. The summed E-state index contributed by atoms with van der Waals surface area (Å²) < 4.78 is 0. The van der Waals surface area contributed by atoms with E-state index in [0.29, 0.717) is 6.42 Å². The molecule has 1 N–H and O–H groups in total. The second-order valence-corrected chi connectivity index (χ2v) is 3.31. The number of nitro groups is 1. The van der Waals surface area contributed by atoms with Crippen molar-refractivity contribution in [3.05, 3.63) is 39.9 Å². The molecule has 0 fully saturated rings. The zero-order chi connectivity index (χ0) is 10.6. The predicted octanol–water partition coefficient (Wildman–Crippen LogP) is 1.91. The molecule has 0 spiro atoms. The van der Waals surface area contributed by atoms with E-state index in [-0.39, 0.29) is 11.8 Å². The van der Waals surface area contributed by atoms with Gasteiger partial charge in [-0.2, -0.15) is 0 Å². The Kier molecular flexibility index (Phi) is 3.59. The van der Waals surface area contributed by atoms with Crippen LogP contribution in [0.3, 0.4) is 0 Å². The number of rotatable bonds is 4. The van der Waals surface area contributed by atoms with Crippen molar-refractivity contribution in [3.63, 3.8) is 0 Å². The van der Waals surface area contributed by atoms with Gasteiger partial charge in [-0.25, -0.2) is 0 Å². The van der Waals surface area contributed by atoms with Crippen molar-refractivity contribution in [1.29, 1.82) is 0 Å². The molecule has 0 unspecified atom stereocenters. The third-order valence-corrected chi connectivity index (χ3v) is 2.00. The molecule has 0 saturated heterocycles. The topological polar surface area (TPSA) is 63.4 Å². The molecule has 0 aromatic heterocycles. The Morgan fingerprint density at radius 2 is 2.00 bits per heavy atom. The monoisotopic (exact) mass is 195 g/mol. The van der Waals surface area contributed by atoms with Crippen LogP contribution in [0.5, 0.6) is 0 Å². The minimum Gasteiger partial charge on any atom is -0.393 e. The average Bonchev–Trinajstić information content (AvgIpc) is 2.15. The maximum Gasteiger partial charge on any atom is 0.269 e. The van der Waals surface area contributed by atoms with Crippen molar-refractivity contribution in [3.8, 4) is 0 Å². The van der Waals surface area contributed by atoms with Crippen LogP contribution in [-0.2, 0) is 6.42 Å². The van der Waals surface area contributed by atoms with E-state index in [2.05, 4.69) is 0 Å². The summed E-state index contributed by atoms with van der Waals surface area (Å²) in [7, 11) is 0. The van der Waals surface area contributed by atoms with Crippen LogP contribution in [0.4, 0.5) is 5.69 Å². The first kappa shape index (κ1) is 10.7. The summed E-state index contributed by atoms with van der Waals surface area (Å²) in [6.45, 7) is 1.73. The highest BCUT2D eigenvalue weighted by Crippen LogP contribution is 2.13. The second kappa shape index (κ2) is 4.72. The third-order valence-electron chi connectivity index (χ3n) is 2.00. The molecule has 0 radical (unpaired) electrons. The van der Waals surface area contributed by atoms with Crippen LogP contribution >= 0.6 is 0 Å². The van der Waals surface area contributed by atoms with E-state index in [1.54, 1.807) is 19.1 Å². The zero-order valence-electron chi connectivity index (χ0n) is 8.01. The van der Waals surface area contributed by atoms with Crippen molar-refractivity contribution in [2.24, 2.45) is 0 Å². The highest BCUT2D eigenvalue weighted by atomic mass is 16.6. The average molecular weight is 195 g/mol. The van der Waals surface area contributed by atoms with Gasteiger partial charge in [0, 0.05) is 12.1 Å². The van der Waals surface area contributed by atoms with Gasteiger partial charge in [0.05, 0.1) is 11.0 Å². The normalized spacial score (nSPS) is 12.4. The standard InChI is InChI=1S/C10H13NO3/c1-8(12)2-3-9-4-6-10(7-5-9)11(13)14/h4-8,12H,2-3H2,1H3/t8-/m0/s1. The molecule has 1 aromatic carbocycles. The first-order chi connectivity index (χ1) is 6.59. The molecule has 4 nitrogen and oxygen atoms in total. The molecule has 1 aromatic rings. The number of aryl methyl sites for hydroxylation is 1. The van der Waals surface area contributed by atoms with Gasteiger partial charge >= 0.3 is 0 Å². The van der Waals surface area contributed by atoms with Crippen molar-refractivity contribution in [2.75, 3.05) is 0 Å². The van der Waals surface area contributed by atoms with Gasteiger partial charge in [0.15, 0.2) is 0 Å². The van der Waals surface area contributed by atoms with Crippen molar-refractivity contribution in [1.82, 2.24) is 0 Å². The number of aliphatic hydroxyl groups is 1. The van der Waals surface area contributed by atoms with Crippen molar-refractivity contribution < 1.29 is 10.0 Å². The Balaban J connectivity index is 2.60. The molecule has 0 aliphatic rings. The molecule has 0 saturated carbocycles. The number of hydrogen-bond donors (Lipinski definition) is 1. The summed E-state index contributed by atoms with van der Waals surface area (Å²) in [5.41, 5.74) is 1.11. The van der Waals surface area contributed by atoms with E-state index >= 15 is 0 Å². The molecule has 0 amide bonds. The molecule has 0 heterocycles. The summed E-state index contributed by atoms with van der Waals surface area (Å²) in [4.78, 5) is 9.93. The lowest BCUT2D eigenvalue weighted by atomic mass is 10.1. The highest BCUT2D eigenvalue weighted by molar-refractivity contribution is 5.32. The van der Waals surface area contributed by atoms with Crippen LogP contribution in [0.1, 0.15) is 18.9 Å². The van der Waals surface area contributed by atoms with E-state index in [1.165, 1.54) is 12.1 Å². The fourth-order valence-electron chi connectivity index (χ4n) is 1.16. The van der Waals surface area contributed by atoms with Crippen molar-refractivity contribution in [2.45, 2.75) is 25.9 Å². The van der Waals surface area contributed by atoms with Gasteiger partial charge in [-0.1, -0.05) is 12.1 Å². The predicted molar refractivity (Wildman–Crippen MR) is 53.1 cm³/mol. The van der Waals surface area contributed by atoms with E-state index < -0.39 is 4.92 Å². The molecular formula is C10H13NO3. The maximum atomic E-state index is 10.3. The number of aliphatic hydroxyl groups excluding tert-OH is 1. The van der Waals surface area contributed by atoms with E-state index in [0.717, 1.165) is 12.0 Å². The Hall–Kier alpha value is -1.42. The van der Waals surface area contributed by atoms with Gasteiger partial charge < -0.3 is 5.11 Å². The number of benzene rings is 1. The molecule has 1 atom stereocenters. The maximum absolute atomic E-state index is 10.3. The molecule has 14 heavy (non-hydrogen) atoms. The number of nitro benzene ring substituents is 1. The van der Waals surface area contributed by atoms with Gasteiger partial charge in [-0.3, -0.25) is 10.1 Å². The largest absolute Gasteiger partial charge is 0.393 e. The number of non-ortho nitro benzene ring substituents is 1. The lowest BCUT2D eigenvalue weighted by Crippen LogP contribution is -2.01. The highest BCUT2D eigenvalue weighted by Gasteiger charge is 2.04. The Morgan fingerprint density at radius 1 is 1.43 bits per heavy atom. The van der Waals surface area contributed by atoms with Crippen LogP contribution in [-0.4, -0.2) is 16.1 Å². The van der Waals surface area contributed by atoms with E-state index in [9.17, 15) is 10.1 Å². The van der Waals surface area contributed by atoms with Crippen LogP contribution in [0.2, 0.25) is 0 Å². The Morgan fingerprint density at radius 3 is 2.43 bits per heavy atom. The smallest absolute Gasteiger partial charge is 0.269 e. The Bertz CT molecular complexity index is 306. The number of nitrogens with zero attached hydrogens (tertiary/aromatic N) is 1. The van der Waals surface area contributed by atoms with Gasteiger partial charge in [0.25, 0.3) is 5.69 Å². The Labute approximate surface area is 82.3 Å². The fourth-order valence-corrected chi connectivity index (χ4v) is 1.16. The van der Waals surface area contributed by atoms with Gasteiger partial charge in [0.2, 0.25) is 0 Å². The quantitative estimate of drug-likeness (QED) is 0.589. The summed E-state index contributed by atoms with van der Waals surface area (Å²) in [5, 5.41) is 19.4. The van der Waals surface area contributed by atoms with Gasteiger partial charge in [-0.05, 0) is 25.3 Å². The molecule has 1 rings (SSSR count). The molecule has 4 heteroatoms. The molecule has 0 aliphatic heterocycles. The number of hydrogen-bond acceptors (Lipinski definition) is 3. The minimum absolute atomic E-state index is 0.103. The third kappa shape index (κ3) is 3.14. The second-order valence-electron chi connectivity index (χ2n) is 3.31. The summed E-state index contributed by atoms with van der Waals surface area (Å²) in [5.74, 6) is 0. The van der Waals surface area contributed by atoms with Crippen LogP contribution < -0.4 is 0 Å². The fraction of sp³-hybridized carbons (Fsp3) is 0.400. The SMILES string of the molecule is C[C@H](O)CCc1ccc([N+](=O)[O-])cc1. The minimum atomic E-state index is -0.418. The van der Waals surface area contributed by atoms with Crippen LogP contribution in [0, 0.1) is 10.1 Å². The van der Waals surface area contributed by atoms with Crippen LogP contribution in [0.15, 0.2) is 24.3 Å². The first-order valence-electron chi connectivity index (χ1n) is 4.51. The first-order valence-corrected chi connectivity index (χ1v) is 4.51. The van der Waals surface area contributed by atoms with Crippen molar-refractivity contribution >= 4 is 5.69 Å². The molecule has 0 aliphatic carbocycles. The lowest BCUT2D eigenvalue weighted by Gasteiger charge is -2.03. The zero-order valence-corrected chi connectivity index (χ0v) is 8.01. The van der Waals surface area contributed by atoms with Gasteiger partial charge in [-0.15, -0.1) is 0 Å². The van der Waals surface area contributed by atoms with Gasteiger partial charge in [0.1, 0.15) is 0 Å². The summed E-state index contributed by atoms with van der Waals surface area (Å²) in [6, 6.07) is 6.41. The molecular weight excluding hydrogens is 182 g/mol. The lowest BCUT2D eigenvalue weighted by molar-refractivity contribution is -0.384. The summed E-state index contributed by atoms with van der Waals surface area (Å²) in [6.07, 6.45) is 1.10. The van der Waals surface area contributed by atoms with E-state index in [4.69, 9.17) is 5.11 Å². The summed E-state index contributed by atoms with van der Waals surface area (Å²) >= 11 is 0. The molecule has 76 valence electrons. The van der Waals surface area contributed by atoms with E-state index in [1.807, 2.05) is 0 Å².